The Morgan fingerprint density at radius 2 is 2.12 bits per heavy atom. The summed E-state index contributed by atoms with van der Waals surface area (Å²) in [6.07, 6.45) is 1.74. The maximum absolute atomic E-state index is 6.11. The molecule has 0 aliphatic carbocycles. The summed E-state index contributed by atoms with van der Waals surface area (Å²) in [4.78, 5) is 4.18. The molecular formula is C13H11BrClNO. The van der Waals surface area contributed by atoms with Crippen molar-refractivity contribution in [3.8, 4) is 5.75 Å². The average molecular weight is 313 g/mol. The third-order valence-electron chi connectivity index (χ3n) is 2.25. The van der Waals surface area contributed by atoms with E-state index < -0.39 is 0 Å². The number of ether oxygens (including phenoxy) is 1. The molecule has 0 aliphatic rings. The molecule has 0 bridgehead atoms. The molecule has 0 fully saturated rings. The number of nitrogens with zero attached hydrogens (tertiary/aromatic N) is 1. The second-order valence-corrected chi connectivity index (χ2v) is 4.48. The van der Waals surface area contributed by atoms with Gasteiger partial charge < -0.3 is 4.74 Å². The number of benzene rings is 1. The number of rotatable bonds is 4. The van der Waals surface area contributed by atoms with E-state index in [1.165, 1.54) is 0 Å². The lowest BCUT2D eigenvalue weighted by Crippen LogP contribution is -1.98. The number of hydrogen-bond donors (Lipinski definition) is 0. The van der Waals surface area contributed by atoms with Gasteiger partial charge >= 0.3 is 0 Å². The first-order valence-electron chi connectivity index (χ1n) is 5.16. The molecular weight excluding hydrogens is 302 g/mol. The van der Waals surface area contributed by atoms with Gasteiger partial charge in [0.15, 0.2) is 0 Å². The summed E-state index contributed by atoms with van der Waals surface area (Å²) in [6.45, 7) is 0.425. The highest BCUT2D eigenvalue weighted by Gasteiger charge is 2.03. The lowest BCUT2D eigenvalue weighted by molar-refractivity contribution is 0.301. The van der Waals surface area contributed by atoms with Crippen LogP contribution in [-0.4, -0.2) is 4.98 Å². The zero-order valence-corrected chi connectivity index (χ0v) is 11.4. The summed E-state index contributed by atoms with van der Waals surface area (Å²) in [5.41, 5.74) is 2.01. The van der Waals surface area contributed by atoms with Crippen LogP contribution in [0.5, 0.6) is 5.75 Å². The van der Waals surface area contributed by atoms with E-state index in [2.05, 4.69) is 20.9 Å². The first kappa shape index (κ1) is 12.4. The number of pyridine rings is 1. The van der Waals surface area contributed by atoms with Crippen LogP contribution in [0.25, 0.3) is 0 Å². The zero-order chi connectivity index (χ0) is 12.1. The van der Waals surface area contributed by atoms with Crippen LogP contribution < -0.4 is 4.74 Å². The molecule has 0 unspecified atom stereocenters. The quantitative estimate of drug-likeness (QED) is 0.789. The Morgan fingerprint density at radius 1 is 1.24 bits per heavy atom. The van der Waals surface area contributed by atoms with Gasteiger partial charge in [-0.3, -0.25) is 4.98 Å². The van der Waals surface area contributed by atoms with Crippen LogP contribution in [0.3, 0.4) is 0 Å². The van der Waals surface area contributed by atoms with Crippen molar-refractivity contribution in [2.24, 2.45) is 0 Å². The summed E-state index contributed by atoms with van der Waals surface area (Å²) in [5, 5.41) is 1.41. The first-order valence-corrected chi connectivity index (χ1v) is 6.66. The van der Waals surface area contributed by atoms with Crippen LogP contribution in [0.15, 0.2) is 42.6 Å². The van der Waals surface area contributed by atoms with Crippen LogP contribution in [0.4, 0.5) is 0 Å². The summed E-state index contributed by atoms with van der Waals surface area (Å²) >= 11 is 9.49. The van der Waals surface area contributed by atoms with Crippen LogP contribution in [-0.2, 0) is 11.9 Å². The normalized spacial score (nSPS) is 10.2. The molecule has 0 saturated carbocycles. The number of aromatic nitrogens is 1. The minimum atomic E-state index is 0.425. The molecule has 1 aromatic heterocycles. The van der Waals surface area contributed by atoms with Crippen molar-refractivity contribution in [1.29, 1.82) is 0 Å². The summed E-state index contributed by atoms with van der Waals surface area (Å²) in [5.74, 6) is 0.682. The van der Waals surface area contributed by atoms with Crippen molar-refractivity contribution in [1.82, 2.24) is 4.98 Å². The molecule has 2 aromatic rings. The maximum atomic E-state index is 6.11. The van der Waals surface area contributed by atoms with Gasteiger partial charge in [-0.05, 0) is 29.8 Å². The monoisotopic (exact) mass is 311 g/mol. The lowest BCUT2D eigenvalue weighted by atomic mass is 10.2. The standard InChI is InChI=1S/C13H11BrClNO/c14-8-10-4-5-13(12(15)7-10)17-9-11-3-1-2-6-16-11/h1-7H,8-9H2. The zero-order valence-electron chi connectivity index (χ0n) is 9.07. The molecule has 0 atom stereocenters. The summed E-state index contributed by atoms with van der Waals surface area (Å²) in [7, 11) is 0. The van der Waals surface area contributed by atoms with Crippen molar-refractivity contribution in [2.45, 2.75) is 11.9 Å². The molecule has 4 heteroatoms. The van der Waals surface area contributed by atoms with Gasteiger partial charge in [-0.1, -0.05) is 39.7 Å². The van der Waals surface area contributed by atoms with Gasteiger partial charge in [0, 0.05) is 11.5 Å². The van der Waals surface area contributed by atoms with E-state index in [0.717, 1.165) is 16.6 Å². The molecule has 17 heavy (non-hydrogen) atoms. The number of alkyl halides is 1. The van der Waals surface area contributed by atoms with E-state index in [-0.39, 0.29) is 0 Å². The van der Waals surface area contributed by atoms with E-state index in [1.54, 1.807) is 6.20 Å². The number of halogens is 2. The average Bonchev–Trinajstić information content (AvgIpc) is 2.38. The summed E-state index contributed by atoms with van der Waals surface area (Å²) < 4.78 is 5.61. The van der Waals surface area contributed by atoms with E-state index >= 15 is 0 Å². The molecule has 1 heterocycles. The number of hydrogen-bond acceptors (Lipinski definition) is 2. The van der Waals surface area contributed by atoms with Gasteiger partial charge in [-0.2, -0.15) is 0 Å². The second kappa shape index (κ2) is 6.03. The third kappa shape index (κ3) is 3.45. The van der Waals surface area contributed by atoms with Crippen LogP contribution in [0.2, 0.25) is 5.02 Å². The highest BCUT2D eigenvalue weighted by molar-refractivity contribution is 9.08. The Morgan fingerprint density at radius 3 is 2.76 bits per heavy atom. The van der Waals surface area contributed by atoms with Gasteiger partial charge in [-0.25, -0.2) is 0 Å². The fourth-order valence-corrected chi connectivity index (χ4v) is 1.99. The van der Waals surface area contributed by atoms with Gasteiger partial charge in [0.05, 0.1) is 10.7 Å². The smallest absolute Gasteiger partial charge is 0.138 e. The predicted molar refractivity (Wildman–Crippen MR) is 72.7 cm³/mol. The van der Waals surface area contributed by atoms with Gasteiger partial charge in [0.1, 0.15) is 12.4 Å². The van der Waals surface area contributed by atoms with Gasteiger partial charge in [0.2, 0.25) is 0 Å². The lowest BCUT2D eigenvalue weighted by Gasteiger charge is -2.08. The second-order valence-electron chi connectivity index (χ2n) is 3.51. The van der Waals surface area contributed by atoms with E-state index in [4.69, 9.17) is 16.3 Å². The maximum Gasteiger partial charge on any atom is 0.138 e. The molecule has 0 spiro atoms. The minimum absolute atomic E-state index is 0.425. The molecule has 2 rings (SSSR count). The van der Waals surface area contributed by atoms with Crippen molar-refractivity contribution in [2.75, 3.05) is 0 Å². The van der Waals surface area contributed by atoms with Gasteiger partial charge in [0.25, 0.3) is 0 Å². The Bertz CT molecular complexity index is 490. The fraction of sp³-hybridized carbons (Fsp3) is 0.154. The van der Waals surface area contributed by atoms with E-state index in [0.29, 0.717) is 17.4 Å². The van der Waals surface area contributed by atoms with E-state index in [1.807, 2.05) is 36.4 Å². The van der Waals surface area contributed by atoms with Crippen molar-refractivity contribution in [3.05, 3.63) is 58.9 Å². The topological polar surface area (TPSA) is 22.1 Å². The minimum Gasteiger partial charge on any atom is -0.486 e. The predicted octanol–water partition coefficient (Wildman–Crippen LogP) is 4.21. The van der Waals surface area contributed by atoms with Crippen molar-refractivity contribution < 1.29 is 4.74 Å². The first-order chi connectivity index (χ1) is 8.29. The largest absolute Gasteiger partial charge is 0.486 e. The van der Waals surface area contributed by atoms with E-state index in [9.17, 15) is 0 Å². The Kier molecular flexibility index (Phi) is 4.40. The Balaban J connectivity index is 2.04. The molecule has 88 valence electrons. The molecule has 1 aromatic carbocycles. The SMILES string of the molecule is Clc1cc(CBr)ccc1OCc1ccccn1. The van der Waals surface area contributed by atoms with Crippen LogP contribution >= 0.6 is 27.5 Å². The Hall–Kier alpha value is -1.06. The highest BCUT2D eigenvalue weighted by atomic mass is 79.9. The van der Waals surface area contributed by atoms with Gasteiger partial charge in [-0.15, -0.1) is 0 Å². The molecule has 0 amide bonds. The van der Waals surface area contributed by atoms with Crippen molar-refractivity contribution in [3.63, 3.8) is 0 Å². The highest BCUT2D eigenvalue weighted by Crippen LogP contribution is 2.26. The molecule has 0 N–H and O–H groups in total. The molecule has 0 saturated heterocycles. The Labute approximate surface area is 114 Å². The molecule has 0 radical (unpaired) electrons. The third-order valence-corrected chi connectivity index (χ3v) is 3.20. The van der Waals surface area contributed by atoms with Crippen LogP contribution in [0, 0.1) is 0 Å². The molecule has 2 nitrogen and oxygen atoms in total. The fourth-order valence-electron chi connectivity index (χ4n) is 1.38. The molecule has 0 aliphatic heterocycles. The van der Waals surface area contributed by atoms with Crippen molar-refractivity contribution >= 4 is 27.5 Å². The van der Waals surface area contributed by atoms with Crippen LogP contribution in [0.1, 0.15) is 11.3 Å². The summed E-state index contributed by atoms with van der Waals surface area (Å²) in [6, 6.07) is 11.5.